The van der Waals surface area contributed by atoms with Gasteiger partial charge in [-0.3, -0.25) is 4.79 Å². The molecule has 0 saturated carbocycles. The minimum absolute atomic E-state index is 0.0585. The second-order valence-electron chi connectivity index (χ2n) is 5.72. The van der Waals surface area contributed by atoms with Crippen LogP contribution in [0.1, 0.15) is 12.5 Å². The molecule has 0 saturated heterocycles. The zero-order valence-electron chi connectivity index (χ0n) is 14.0. The molecule has 8 heteroatoms. The maximum absolute atomic E-state index is 13.0. The van der Waals surface area contributed by atoms with Gasteiger partial charge in [0.15, 0.2) is 0 Å². The molecular formula is C17H22FN5O2. The first-order valence-corrected chi connectivity index (χ1v) is 8.04. The second-order valence-corrected chi connectivity index (χ2v) is 5.72. The Balaban J connectivity index is 1.58. The third kappa shape index (κ3) is 7.03. The molecule has 1 unspecified atom stereocenters. The highest BCUT2D eigenvalue weighted by molar-refractivity contribution is 5.78. The van der Waals surface area contributed by atoms with Gasteiger partial charge < -0.3 is 20.5 Å². The highest BCUT2D eigenvalue weighted by Gasteiger charge is 2.08. The van der Waals surface area contributed by atoms with E-state index < -0.39 is 0 Å². The molecule has 1 heterocycles. The summed E-state index contributed by atoms with van der Waals surface area (Å²) in [6.07, 6.45) is 5.29. The number of hydrogen-bond donors (Lipinski definition) is 3. The molecule has 3 N–H and O–H groups in total. The highest BCUT2D eigenvalue weighted by Crippen LogP contribution is 2.03. The van der Waals surface area contributed by atoms with Crippen LogP contribution in [-0.2, 0) is 17.8 Å². The molecule has 0 aliphatic carbocycles. The molecule has 0 fully saturated rings. The minimum atomic E-state index is -0.367. The summed E-state index contributed by atoms with van der Waals surface area (Å²) in [6, 6.07) is 5.55. The zero-order valence-corrected chi connectivity index (χ0v) is 14.0. The smallest absolute Gasteiger partial charge is 0.315 e. The zero-order chi connectivity index (χ0) is 18.1. The van der Waals surface area contributed by atoms with E-state index in [9.17, 15) is 14.0 Å². The number of nitrogens with zero attached hydrogens (tertiary/aromatic N) is 2. The van der Waals surface area contributed by atoms with E-state index in [2.05, 4.69) is 20.9 Å². The number of carbonyl (C=O) groups excluding carboxylic acids is 2. The number of halogens is 1. The second kappa shape index (κ2) is 9.41. The molecule has 0 spiro atoms. The van der Waals surface area contributed by atoms with E-state index in [0.717, 1.165) is 0 Å². The van der Waals surface area contributed by atoms with Crippen molar-refractivity contribution >= 4 is 11.9 Å². The van der Waals surface area contributed by atoms with Crippen molar-refractivity contribution < 1.29 is 14.0 Å². The standard InChI is InChI=1S/C17H22FN5O2/c1-13(11-23-8-7-19-12-23)22-17(25)21-6-5-20-16(24)10-14-3-2-4-15(18)9-14/h2-4,7-9,12-13H,5-6,10-11H2,1H3,(H,20,24)(H2,21,22,25). The molecule has 7 nitrogen and oxygen atoms in total. The molecule has 0 aliphatic rings. The predicted octanol–water partition coefficient (Wildman–Crippen LogP) is 1.07. The predicted molar refractivity (Wildman–Crippen MR) is 91.3 cm³/mol. The van der Waals surface area contributed by atoms with Gasteiger partial charge in [0.2, 0.25) is 5.91 Å². The Kier molecular flexibility index (Phi) is 6.94. The Bertz CT molecular complexity index is 690. The van der Waals surface area contributed by atoms with Crippen LogP contribution in [0.3, 0.4) is 0 Å². The lowest BCUT2D eigenvalue weighted by Crippen LogP contribution is -2.44. The Morgan fingerprint density at radius 2 is 2.08 bits per heavy atom. The van der Waals surface area contributed by atoms with E-state index in [1.165, 1.54) is 12.1 Å². The van der Waals surface area contributed by atoms with E-state index in [0.29, 0.717) is 25.2 Å². The molecule has 1 aromatic heterocycles. The topological polar surface area (TPSA) is 88.1 Å². The van der Waals surface area contributed by atoms with Gasteiger partial charge in [0.25, 0.3) is 0 Å². The number of imidazole rings is 1. The first-order valence-electron chi connectivity index (χ1n) is 8.04. The lowest BCUT2D eigenvalue weighted by Gasteiger charge is -2.15. The van der Waals surface area contributed by atoms with Gasteiger partial charge in [-0.2, -0.15) is 0 Å². The van der Waals surface area contributed by atoms with Crippen molar-refractivity contribution in [1.29, 1.82) is 0 Å². The summed E-state index contributed by atoms with van der Waals surface area (Å²) in [7, 11) is 0. The molecule has 134 valence electrons. The fraction of sp³-hybridized carbons (Fsp3) is 0.353. The minimum Gasteiger partial charge on any atom is -0.354 e. The monoisotopic (exact) mass is 347 g/mol. The summed E-state index contributed by atoms with van der Waals surface area (Å²) in [5.41, 5.74) is 0.608. The van der Waals surface area contributed by atoms with Gasteiger partial charge in [0, 0.05) is 38.1 Å². The number of hydrogen-bond acceptors (Lipinski definition) is 3. The lowest BCUT2D eigenvalue weighted by molar-refractivity contribution is -0.120. The lowest BCUT2D eigenvalue weighted by atomic mass is 10.1. The van der Waals surface area contributed by atoms with Gasteiger partial charge in [-0.15, -0.1) is 0 Å². The van der Waals surface area contributed by atoms with Crippen LogP contribution in [0.5, 0.6) is 0 Å². The average molecular weight is 347 g/mol. The Morgan fingerprint density at radius 3 is 2.80 bits per heavy atom. The summed E-state index contributed by atoms with van der Waals surface area (Å²) >= 11 is 0. The van der Waals surface area contributed by atoms with E-state index in [1.807, 2.05) is 17.7 Å². The molecule has 25 heavy (non-hydrogen) atoms. The van der Waals surface area contributed by atoms with Crippen LogP contribution >= 0.6 is 0 Å². The molecule has 0 aliphatic heterocycles. The van der Waals surface area contributed by atoms with E-state index in [-0.39, 0.29) is 30.2 Å². The Morgan fingerprint density at radius 1 is 1.28 bits per heavy atom. The fourth-order valence-corrected chi connectivity index (χ4v) is 2.30. The normalized spacial score (nSPS) is 11.6. The van der Waals surface area contributed by atoms with Crippen LogP contribution in [0.4, 0.5) is 9.18 Å². The van der Waals surface area contributed by atoms with Crippen LogP contribution in [0, 0.1) is 5.82 Å². The van der Waals surface area contributed by atoms with Crippen molar-refractivity contribution in [3.05, 3.63) is 54.4 Å². The fourth-order valence-electron chi connectivity index (χ4n) is 2.30. The average Bonchev–Trinajstić information content (AvgIpc) is 3.04. The number of aromatic nitrogens is 2. The Labute approximate surface area is 145 Å². The van der Waals surface area contributed by atoms with Crippen molar-refractivity contribution in [3.63, 3.8) is 0 Å². The van der Waals surface area contributed by atoms with Crippen LogP contribution in [-0.4, -0.2) is 40.6 Å². The molecule has 3 amide bonds. The van der Waals surface area contributed by atoms with Gasteiger partial charge in [0.1, 0.15) is 5.82 Å². The Hall–Kier alpha value is -2.90. The summed E-state index contributed by atoms with van der Waals surface area (Å²) in [4.78, 5) is 27.4. The molecular weight excluding hydrogens is 325 g/mol. The van der Waals surface area contributed by atoms with Crippen LogP contribution in [0.2, 0.25) is 0 Å². The summed E-state index contributed by atoms with van der Waals surface area (Å²) in [5.74, 6) is -0.588. The summed E-state index contributed by atoms with van der Waals surface area (Å²) < 4.78 is 14.9. The SMILES string of the molecule is CC(Cn1ccnc1)NC(=O)NCCNC(=O)Cc1cccc(F)c1. The molecule has 1 atom stereocenters. The van der Waals surface area contributed by atoms with Crippen molar-refractivity contribution in [1.82, 2.24) is 25.5 Å². The van der Waals surface area contributed by atoms with Crippen molar-refractivity contribution in [3.8, 4) is 0 Å². The molecule has 0 radical (unpaired) electrons. The quantitative estimate of drug-likeness (QED) is 0.624. The van der Waals surface area contributed by atoms with Crippen molar-refractivity contribution in [2.24, 2.45) is 0 Å². The molecule has 2 rings (SSSR count). The number of benzene rings is 1. The van der Waals surface area contributed by atoms with E-state index in [4.69, 9.17) is 0 Å². The molecule has 0 bridgehead atoms. The first-order chi connectivity index (χ1) is 12.0. The van der Waals surface area contributed by atoms with E-state index >= 15 is 0 Å². The van der Waals surface area contributed by atoms with E-state index in [1.54, 1.807) is 24.7 Å². The number of urea groups is 1. The summed E-state index contributed by atoms with van der Waals surface area (Å²) in [6.45, 7) is 3.12. The van der Waals surface area contributed by atoms with Crippen molar-refractivity contribution in [2.45, 2.75) is 25.9 Å². The number of nitrogens with one attached hydrogen (secondary N) is 3. The third-order valence-corrected chi connectivity index (χ3v) is 3.41. The third-order valence-electron chi connectivity index (χ3n) is 3.41. The largest absolute Gasteiger partial charge is 0.354 e. The van der Waals surface area contributed by atoms with Crippen LogP contribution in [0.15, 0.2) is 43.0 Å². The number of amides is 3. The summed E-state index contributed by atoms with van der Waals surface area (Å²) in [5, 5.41) is 8.15. The van der Waals surface area contributed by atoms with Crippen LogP contribution in [0.25, 0.3) is 0 Å². The van der Waals surface area contributed by atoms with Gasteiger partial charge in [-0.1, -0.05) is 12.1 Å². The molecule has 1 aromatic carbocycles. The van der Waals surface area contributed by atoms with Gasteiger partial charge >= 0.3 is 6.03 Å². The highest BCUT2D eigenvalue weighted by atomic mass is 19.1. The number of carbonyl (C=O) groups is 2. The van der Waals surface area contributed by atoms with Gasteiger partial charge in [-0.05, 0) is 24.6 Å². The molecule has 2 aromatic rings. The first kappa shape index (κ1) is 18.4. The van der Waals surface area contributed by atoms with Gasteiger partial charge in [-0.25, -0.2) is 14.2 Å². The maximum Gasteiger partial charge on any atom is 0.315 e. The number of rotatable bonds is 8. The van der Waals surface area contributed by atoms with Gasteiger partial charge in [0.05, 0.1) is 12.7 Å². The van der Waals surface area contributed by atoms with Crippen LogP contribution < -0.4 is 16.0 Å². The maximum atomic E-state index is 13.0. The van der Waals surface area contributed by atoms with Crippen molar-refractivity contribution in [2.75, 3.05) is 13.1 Å².